The molecule has 1 heteroatoms. The second-order valence-corrected chi connectivity index (χ2v) is 10.7. The van der Waals surface area contributed by atoms with Crippen molar-refractivity contribution >= 4 is 12.6 Å². The topological polar surface area (TPSA) is 0 Å². The van der Waals surface area contributed by atoms with Gasteiger partial charge < -0.3 is 0 Å². The van der Waals surface area contributed by atoms with Gasteiger partial charge in [0.25, 0.3) is 0 Å². The van der Waals surface area contributed by atoms with E-state index in [1.807, 2.05) is 0 Å². The number of rotatable bonds is 2. The third-order valence-corrected chi connectivity index (χ3v) is 10.6. The molecule has 0 spiro atoms. The van der Waals surface area contributed by atoms with E-state index in [0.717, 1.165) is 0 Å². The van der Waals surface area contributed by atoms with Crippen molar-refractivity contribution in [3.8, 4) is 0 Å². The van der Waals surface area contributed by atoms with Gasteiger partial charge >= 0.3 is 109 Å². The number of hydrogen-bond donors (Lipinski definition) is 0. The van der Waals surface area contributed by atoms with Gasteiger partial charge in [-0.25, -0.2) is 0 Å². The van der Waals surface area contributed by atoms with E-state index in [1.165, 1.54) is 23.5 Å². The van der Waals surface area contributed by atoms with Crippen LogP contribution < -0.4 is 5.30 Å². The summed E-state index contributed by atoms with van der Waals surface area (Å²) in [7, 11) is -1.05. The molecule has 2 fully saturated rings. The molecule has 4 rings (SSSR count). The van der Waals surface area contributed by atoms with Gasteiger partial charge in [0, 0.05) is 0 Å². The Morgan fingerprint density at radius 2 is 1.28 bits per heavy atom. The van der Waals surface area contributed by atoms with Gasteiger partial charge in [0.2, 0.25) is 0 Å². The van der Waals surface area contributed by atoms with Crippen molar-refractivity contribution in [1.29, 1.82) is 0 Å². The second-order valence-electron chi connectivity index (χ2n) is 6.25. The van der Waals surface area contributed by atoms with Gasteiger partial charge in [-0.3, -0.25) is 0 Å². The molecule has 0 bridgehead atoms. The van der Waals surface area contributed by atoms with Gasteiger partial charge in [-0.05, 0) is 0 Å². The SMILES string of the molecule is Cc1ccc(C23C[PH]2(c2ccc(C)cc2)C3)cc1. The summed E-state index contributed by atoms with van der Waals surface area (Å²) in [5.41, 5.74) is 4.37. The fraction of sp³-hybridized carbons (Fsp3) is 0.294. The zero-order chi connectivity index (χ0) is 12.4. The first-order chi connectivity index (χ1) is 8.66. The maximum absolute atomic E-state index is 2.39. The van der Waals surface area contributed by atoms with Gasteiger partial charge in [0.05, 0.1) is 0 Å². The van der Waals surface area contributed by atoms with Crippen LogP contribution >= 0.6 is 7.26 Å². The summed E-state index contributed by atoms with van der Waals surface area (Å²) in [6, 6.07) is 18.6. The first-order valence-electron chi connectivity index (χ1n) is 6.81. The van der Waals surface area contributed by atoms with Crippen molar-refractivity contribution in [2.45, 2.75) is 19.0 Å². The summed E-state index contributed by atoms with van der Waals surface area (Å²) < 4.78 is 0. The summed E-state index contributed by atoms with van der Waals surface area (Å²) in [6.45, 7) is 4.35. The van der Waals surface area contributed by atoms with Gasteiger partial charge in [-0.15, -0.1) is 0 Å². The van der Waals surface area contributed by atoms with E-state index in [-0.39, 0.29) is 0 Å². The number of aryl methyl sites for hydroxylation is 2. The Labute approximate surface area is 109 Å². The molecule has 0 aliphatic carbocycles. The number of fused-ring (bicyclic) bond motifs is 1. The molecule has 2 aliphatic rings. The molecule has 0 radical (unpaired) electrons. The van der Waals surface area contributed by atoms with Crippen molar-refractivity contribution in [3.63, 3.8) is 0 Å². The van der Waals surface area contributed by atoms with Crippen LogP contribution in [0.1, 0.15) is 16.7 Å². The van der Waals surface area contributed by atoms with Crippen LogP contribution in [0.25, 0.3) is 0 Å². The monoisotopic (exact) mass is 254 g/mol. The predicted octanol–water partition coefficient (Wildman–Crippen LogP) is 3.60. The van der Waals surface area contributed by atoms with Crippen molar-refractivity contribution < 1.29 is 0 Å². The summed E-state index contributed by atoms with van der Waals surface area (Å²) in [4.78, 5) is 0. The van der Waals surface area contributed by atoms with Crippen LogP contribution in [0.5, 0.6) is 0 Å². The Bertz CT molecular complexity index is 546. The molecule has 18 heavy (non-hydrogen) atoms. The summed E-state index contributed by atoms with van der Waals surface area (Å²) in [5.74, 6) is 0. The van der Waals surface area contributed by atoms with E-state index < -0.39 is 7.26 Å². The summed E-state index contributed by atoms with van der Waals surface area (Å²) in [6.07, 6.45) is 2.98. The van der Waals surface area contributed by atoms with E-state index in [1.54, 1.807) is 10.9 Å². The second kappa shape index (κ2) is 3.25. The molecule has 2 saturated heterocycles. The van der Waals surface area contributed by atoms with Crippen LogP contribution in [-0.4, -0.2) is 12.3 Å². The van der Waals surface area contributed by atoms with E-state index in [2.05, 4.69) is 62.4 Å². The van der Waals surface area contributed by atoms with Crippen LogP contribution in [0.15, 0.2) is 48.5 Å². The average molecular weight is 254 g/mol. The molecule has 0 nitrogen and oxygen atoms in total. The normalized spacial score (nSPS) is 28.3. The van der Waals surface area contributed by atoms with Gasteiger partial charge in [-0.1, -0.05) is 0 Å². The van der Waals surface area contributed by atoms with Crippen molar-refractivity contribution in [3.05, 3.63) is 65.2 Å². The van der Waals surface area contributed by atoms with Crippen LogP contribution in [0.3, 0.4) is 0 Å². The molecule has 2 heterocycles. The zero-order valence-corrected chi connectivity index (χ0v) is 12.0. The van der Waals surface area contributed by atoms with Gasteiger partial charge in [0.15, 0.2) is 0 Å². The molecule has 0 atom stereocenters. The van der Waals surface area contributed by atoms with E-state index in [9.17, 15) is 0 Å². The first-order valence-corrected chi connectivity index (χ1v) is 9.22. The number of hydrogen-bond acceptors (Lipinski definition) is 0. The van der Waals surface area contributed by atoms with Gasteiger partial charge in [0.1, 0.15) is 0 Å². The molecule has 92 valence electrons. The fourth-order valence-corrected chi connectivity index (χ4v) is 9.55. The zero-order valence-electron chi connectivity index (χ0n) is 11.0. The molecule has 0 amide bonds. The Morgan fingerprint density at radius 3 is 1.83 bits per heavy atom. The Balaban J connectivity index is 1.68. The Kier molecular flexibility index (Phi) is 1.94. The summed E-state index contributed by atoms with van der Waals surface area (Å²) in [5, 5.41) is 2.32. The van der Waals surface area contributed by atoms with Crippen LogP contribution in [-0.2, 0) is 5.16 Å². The average Bonchev–Trinajstić information content (AvgIpc) is 3.17. The quantitative estimate of drug-likeness (QED) is 0.718. The van der Waals surface area contributed by atoms with E-state index in [0.29, 0.717) is 5.16 Å². The Hall–Kier alpha value is -1.13. The third kappa shape index (κ3) is 1.25. The van der Waals surface area contributed by atoms with E-state index in [4.69, 9.17) is 0 Å². The third-order valence-electron chi connectivity index (χ3n) is 5.08. The van der Waals surface area contributed by atoms with Crippen molar-refractivity contribution in [2.75, 3.05) is 12.3 Å². The fourth-order valence-electron chi connectivity index (χ4n) is 3.60. The van der Waals surface area contributed by atoms with Gasteiger partial charge in [-0.2, -0.15) is 0 Å². The molecule has 0 saturated carbocycles. The minimum absolute atomic E-state index is 0.635. The molecule has 0 N–H and O–H groups in total. The molecule has 2 aliphatic heterocycles. The standard InChI is InChI=1S/C17H19P/c1-13-3-7-15(8-4-13)17-11-18(17,12-17)16-9-5-14(2)6-10-16/h3-10,18H,11-12H2,1-2H3. The van der Waals surface area contributed by atoms with Crippen LogP contribution in [0, 0.1) is 13.8 Å². The predicted molar refractivity (Wildman–Crippen MR) is 81.7 cm³/mol. The Morgan fingerprint density at radius 1 is 0.778 bits per heavy atom. The van der Waals surface area contributed by atoms with Crippen molar-refractivity contribution in [2.24, 2.45) is 0 Å². The molecular weight excluding hydrogens is 235 g/mol. The number of benzene rings is 2. The van der Waals surface area contributed by atoms with Crippen LogP contribution in [0.4, 0.5) is 0 Å². The minimum atomic E-state index is -1.05. The molecule has 2 aromatic carbocycles. The first kappa shape index (κ1) is 10.8. The summed E-state index contributed by atoms with van der Waals surface area (Å²) >= 11 is 0. The van der Waals surface area contributed by atoms with E-state index >= 15 is 0 Å². The maximum atomic E-state index is 2.39. The molecule has 2 aromatic rings. The van der Waals surface area contributed by atoms with Crippen molar-refractivity contribution in [1.82, 2.24) is 0 Å². The molecular formula is C17H19P. The van der Waals surface area contributed by atoms with Crippen LogP contribution in [0.2, 0.25) is 0 Å². The molecule has 0 unspecified atom stereocenters. The molecule has 0 aromatic heterocycles.